The standard InChI is InChI=1S/C25H24ClN3O4/c1-3-32-22-14-18(15-27-29-25(31)19-10-5-4-6-11-19)13-20(26)24(22)33-16-23(30)28-21-12-8-7-9-17(21)2/h4-15H,3,16H2,1-2H3,(H,28,30)(H,29,31)/b27-15+. The molecule has 7 nitrogen and oxygen atoms in total. The van der Waals surface area contributed by atoms with Gasteiger partial charge in [0.25, 0.3) is 11.8 Å². The summed E-state index contributed by atoms with van der Waals surface area (Å²) in [5.74, 6) is -0.0341. The van der Waals surface area contributed by atoms with E-state index in [1.54, 1.807) is 36.4 Å². The summed E-state index contributed by atoms with van der Waals surface area (Å²) in [5.41, 5.74) is 5.21. The molecule has 0 aliphatic rings. The van der Waals surface area contributed by atoms with E-state index in [1.807, 2.05) is 44.2 Å². The topological polar surface area (TPSA) is 89.0 Å². The number of hydrogen-bond acceptors (Lipinski definition) is 5. The minimum atomic E-state index is -0.331. The Morgan fingerprint density at radius 1 is 1.03 bits per heavy atom. The van der Waals surface area contributed by atoms with Crippen molar-refractivity contribution in [2.45, 2.75) is 13.8 Å². The molecule has 0 spiro atoms. The van der Waals surface area contributed by atoms with Crippen LogP contribution in [0.15, 0.2) is 71.8 Å². The largest absolute Gasteiger partial charge is 0.490 e. The molecule has 3 rings (SSSR count). The molecule has 0 radical (unpaired) electrons. The van der Waals surface area contributed by atoms with E-state index in [0.29, 0.717) is 29.2 Å². The van der Waals surface area contributed by atoms with Crippen molar-refractivity contribution in [3.05, 3.63) is 88.4 Å². The van der Waals surface area contributed by atoms with Gasteiger partial charge in [-0.1, -0.05) is 48.0 Å². The molecule has 8 heteroatoms. The van der Waals surface area contributed by atoms with Crippen molar-refractivity contribution in [2.24, 2.45) is 5.10 Å². The third-order valence-corrected chi connectivity index (χ3v) is 4.79. The molecule has 3 aromatic rings. The highest BCUT2D eigenvalue weighted by Crippen LogP contribution is 2.36. The Bertz CT molecular complexity index is 1150. The predicted molar refractivity (Wildman–Crippen MR) is 129 cm³/mol. The molecule has 170 valence electrons. The quantitative estimate of drug-likeness (QED) is 0.350. The van der Waals surface area contributed by atoms with Crippen molar-refractivity contribution >= 4 is 35.3 Å². The lowest BCUT2D eigenvalue weighted by atomic mass is 10.2. The third kappa shape index (κ3) is 6.82. The zero-order valence-electron chi connectivity index (χ0n) is 18.3. The average Bonchev–Trinajstić information content (AvgIpc) is 2.81. The number of rotatable bonds is 9. The highest BCUT2D eigenvalue weighted by Gasteiger charge is 2.15. The van der Waals surface area contributed by atoms with E-state index in [9.17, 15) is 9.59 Å². The molecule has 2 amide bonds. The van der Waals surface area contributed by atoms with Crippen LogP contribution in [0.1, 0.15) is 28.4 Å². The first-order valence-corrected chi connectivity index (χ1v) is 10.7. The van der Waals surface area contributed by atoms with E-state index in [0.717, 1.165) is 5.56 Å². The number of nitrogens with one attached hydrogen (secondary N) is 2. The fraction of sp³-hybridized carbons (Fsp3) is 0.160. The van der Waals surface area contributed by atoms with Crippen molar-refractivity contribution < 1.29 is 19.1 Å². The maximum atomic E-state index is 12.3. The Labute approximate surface area is 197 Å². The van der Waals surface area contributed by atoms with Gasteiger partial charge in [0.15, 0.2) is 18.1 Å². The second kappa shape index (κ2) is 11.7. The number of hydrogen-bond donors (Lipinski definition) is 2. The Hall–Kier alpha value is -3.84. The number of hydrazone groups is 1. The summed E-state index contributed by atoms with van der Waals surface area (Å²) < 4.78 is 11.3. The first-order chi connectivity index (χ1) is 16.0. The summed E-state index contributed by atoms with van der Waals surface area (Å²) in [4.78, 5) is 24.4. The predicted octanol–water partition coefficient (Wildman–Crippen LogP) is 4.83. The summed E-state index contributed by atoms with van der Waals surface area (Å²) in [7, 11) is 0. The summed E-state index contributed by atoms with van der Waals surface area (Å²) in [5, 5.41) is 7.03. The van der Waals surface area contributed by atoms with Gasteiger partial charge < -0.3 is 14.8 Å². The van der Waals surface area contributed by atoms with Gasteiger partial charge in [-0.25, -0.2) is 5.43 Å². The molecule has 0 saturated heterocycles. The molecule has 0 saturated carbocycles. The summed E-state index contributed by atoms with van der Waals surface area (Å²) in [6.45, 7) is 3.86. The van der Waals surface area contributed by atoms with Crippen LogP contribution in [0.25, 0.3) is 0 Å². The lowest BCUT2D eigenvalue weighted by molar-refractivity contribution is -0.118. The Kier molecular flexibility index (Phi) is 8.43. The highest BCUT2D eigenvalue weighted by atomic mass is 35.5. The Morgan fingerprint density at radius 2 is 1.76 bits per heavy atom. The molecule has 0 atom stereocenters. The number of aryl methyl sites for hydroxylation is 1. The monoisotopic (exact) mass is 465 g/mol. The number of halogens is 1. The molecule has 2 N–H and O–H groups in total. The van der Waals surface area contributed by atoms with Crippen molar-refractivity contribution in [3.63, 3.8) is 0 Å². The van der Waals surface area contributed by atoms with E-state index in [4.69, 9.17) is 21.1 Å². The molecule has 3 aromatic carbocycles. The molecule has 0 aliphatic heterocycles. The number of anilines is 1. The summed E-state index contributed by atoms with van der Waals surface area (Å²) in [6, 6.07) is 19.5. The molecule has 0 bridgehead atoms. The van der Waals surface area contributed by atoms with E-state index >= 15 is 0 Å². The van der Waals surface area contributed by atoms with Crippen LogP contribution in [0.3, 0.4) is 0 Å². The van der Waals surface area contributed by atoms with Gasteiger partial charge in [-0.3, -0.25) is 9.59 Å². The van der Waals surface area contributed by atoms with Crippen molar-refractivity contribution in [1.29, 1.82) is 0 Å². The lowest BCUT2D eigenvalue weighted by Crippen LogP contribution is -2.21. The fourth-order valence-electron chi connectivity index (χ4n) is 2.92. The maximum Gasteiger partial charge on any atom is 0.271 e. The van der Waals surface area contributed by atoms with Gasteiger partial charge in [-0.15, -0.1) is 0 Å². The number of amides is 2. The van der Waals surface area contributed by atoms with E-state index in [2.05, 4.69) is 15.8 Å². The molecular formula is C25H24ClN3O4. The second-order valence-electron chi connectivity index (χ2n) is 6.98. The fourth-order valence-corrected chi connectivity index (χ4v) is 3.20. The number of ether oxygens (including phenoxy) is 2. The maximum absolute atomic E-state index is 12.3. The van der Waals surface area contributed by atoms with Crippen LogP contribution in [0.5, 0.6) is 11.5 Å². The first-order valence-electron chi connectivity index (χ1n) is 10.3. The lowest BCUT2D eigenvalue weighted by Gasteiger charge is -2.14. The smallest absolute Gasteiger partial charge is 0.271 e. The van der Waals surface area contributed by atoms with E-state index < -0.39 is 0 Å². The number of benzene rings is 3. The van der Waals surface area contributed by atoms with Gasteiger partial charge in [0.1, 0.15) is 0 Å². The van der Waals surface area contributed by atoms with Gasteiger partial charge >= 0.3 is 0 Å². The molecule has 0 unspecified atom stereocenters. The molecule has 33 heavy (non-hydrogen) atoms. The number of nitrogens with zero attached hydrogens (tertiary/aromatic N) is 1. The van der Waals surface area contributed by atoms with E-state index in [1.165, 1.54) is 6.21 Å². The summed E-state index contributed by atoms with van der Waals surface area (Å²) >= 11 is 6.39. The van der Waals surface area contributed by atoms with Crippen molar-refractivity contribution in [3.8, 4) is 11.5 Å². The van der Waals surface area contributed by atoms with Gasteiger partial charge in [-0.05, 0) is 55.3 Å². The van der Waals surface area contributed by atoms with Crippen LogP contribution in [0, 0.1) is 6.92 Å². The first kappa shape index (κ1) is 23.8. The molecule has 0 aromatic heterocycles. The highest BCUT2D eigenvalue weighted by molar-refractivity contribution is 6.32. The normalized spacial score (nSPS) is 10.6. The van der Waals surface area contributed by atoms with Crippen LogP contribution >= 0.6 is 11.6 Å². The van der Waals surface area contributed by atoms with Gasteiger partial charge in [-0.2, -0.15) is 5.10 Å². The van der Waals surface area contributed by atoms with Crippen LogP contribution in [-0.4, -0.2) is 31.2 Å². The number of carbonyl (C=O) groups is 2. The molecular weight excluding hydrogens is 442 g/mol. The Morgan fingerprint density at radius 3 is 2.48 bits per heavy atom. The van der Waals surface area contributed by atoms with Crippen LogP contribution in [0.4, 0.5) is 5.69 Å². The minimum absolute atomic E-state index is 0.241. The number of carbonyl (C=O) groups excluding carboxylic acids is 2. The van der Waals surface area contributed by atoms with Gasteiger partial charge in [0.05, 0.1) is 17.8 Å². The molecule has 0 fully saturated rings. The minimum Gasteiger partial charge on any atom is -0.490 e. The van der Waals surface area contributed by atoms with Crippen LogP contribution < -0.4 is 20.2 Å². The van der Waals surface area contributed by atoms with Crippen LogP contribution in [-0.2, 0) is 4.79 Å². The number of para-hydroxylation sites is 1. The molecule has 0 heterocycles. The second-order valence-corrected chi connectivity index (χ2v) is 7.39. The zero-order chi connectivity index (χ0) is 23.6. The van der Waals surface area contributed by atoms with Gasteiger partial charge in [0.2, 0.25) is 0 Å². The van der Waals surface area contributed by atoms with E-state index in [-0.39, 0.29) is 29.2 Å². The van der Waals surface area contributed by atoms with Crippen LogP contribution in [0.2, 0.25) is 5.02 Å². The van der Waals surface area contributed by atoms with Crippen molar-refractivity contribution in [1.82, 2.24) is 5.43 Å². The Balaban J connectivity index is 1.67. The third-order valence-electron chi connectivity index (χ3n) is 4.51. The van der Waals surface area contributed by atoms with Crippen molar-refractivity contribution in [2.75, 3.05) is 18.5 Å². The molecule has 0 aliphatic carbocycles. The van der Waals surface area contributed by atoms with Gasteiger partial charge in [0, 0.05) is 11.3 Å². The zero-order valence-corrected chi connectivity index (χ0v) is 19.1. The summed E-state index contributed by atoms with van der Waals surface area (Å²) in [6.07, 6.45) is 1.45. The SMILES string of the molecule is CCOc1cc(/C=N/NC(=O)c2ccccc2)cc(Cl)c1OCC(=O)Nc1ccccc1C. The average molecular weight is 466 g/mol.